The van der Waals surface area contributed by atoms with Gasteiger partial charge in [0.2, 0.25) is 5.95 Å². The van der Waals surface area contributed by atoms with Crippen LogP contribution < -0.4 is 24.4 Å². The number of nitrogens with one attached hydrogen (secondary N) is 1. The van der Waals surface area contributed by atoms with Crippen LogP contribution in [0.3, 0.4) is 0 Å². The molecule has 1 aliphatic rings. The lowest BCUT2D eigenvalue weighted by atomic mass is 10.1. The molecular weight excluding hydrogens is 615 g/mol. The summed E-state index contributed by atoms with van der Waals surface area (Å²) >= 11 is 0. The fourth-order valence-corrected chi connectivity index (χ4v) is 5.54. The molecule has 3 aromatic rings. The number of benzene rings is 2. The van der Waals surface area contributed by atoms with Gasteiger partial charge < -0.3 is 29.2 Å². The maximum Gasteiger partial charge on any atom is 0.420 e. The van der Waals surface area contributed by atoms with Gasteiger partial charge >= 0.3 is 6.09 Å². The van der Waals surface area contributed by atoms with Crippen LogP contribution in [-0.2, 0) is 4.74 Å². The van der Waals surface area contributed by atoms with Crippen molar-refractivity contribution in [3.63, 3.8) is 0 Å². The Bertz CT molecular complexity index is 1440. The van der Waals surface area contributed by atoms with Gasteiger partial charge in [0.25, 0.3) is 0 Å². The van der Waals surface area contributed by atoms with Crippen molar-refractivity contribution in [2.24, 2.45) is 5.92 Å². The molecule has 2 aromatic carbocycles. The summed E-state index contributed by atoms with van der Waals surface area (Å²) in [6.45, 7) is 13.2. The number of piperazine rings is 1. The Kier molecular flexibility index (Phi) is 14.5. The first-order valence-electron chi connectivity index (χ1n) is 17.0. The second-order valence-electron chi connectivity index (χ2n) is 12.3. The molecule has 1 fully saturated rings. The zero-order valence-electron chi connectivity index (χ0n) is 29.0. The van der Waals surface area contributed by atoms with Crippen molar-refractivity contribution < 1.29 is 28.1 Å². The van der Waals surface area contributed by atoms with Gasteiger partial charge in [0.05, 0.1) is 26.5 Å². The maximum absolute atomic E-state index is 15.1. The predicted octanol–water partition coefficient (Wildman–Crippen LogP) is 7.27. The number of rotatable bonds is 18. The summed E-state index contributed by atoms with van der Waals surface area (Å²) in [5, 5.41) is 3.04. The maximum atomic E-state index is 15.1. The van der Waals surface area contributed by atoms with E-state index in [9.17, 15) is 4.79 Å². The van der Waals surface area contributed by atoms with E-state index in [1.54, 1.807) is 43.5 Å². The molecule has 12 heteroatoms. The Morgan fingerprint density at radius 1 is 0.938 bits per heavy atom. The lowest BCUT2D eigenvalue weighted by molar-refractivity contribution is 0.116. The molecule has 0 spiro atoms. The number of ether oxygens (including phenoxy) is 4. The van der Waals surface area contributed by atoms with Crippen molar-refractivity contribution in [3.8, 4) is 17.2 Å². The predicted molar refractivity (Wildman–Crippen MR) is 187 cm³/mol. The first kappa shape index (κ1) is 36.7. The Morgan fingerprint density at radius 2 is 1.71 bits per heavy atom. The van der Waals surface area contributed by atoms with Crippen molar-refractivity contribution in [2.45, 2.75) is 52.9 Å². The van der Waals surface area contributed by atoms with E-state index < -0.39 is 11.9 Å². The van der Waals surface area contributed by atoms with Crippen molar-refractivity contribution in [3.05, 3.63) is 54.5 Å². The van der Waals surface area contributed by atoms with E-state index in [2.05, 4.69) is 45.9 Å². The number of aromatic nitrogens is 2. The van der Waals surface area contributed by atoms with E-state index >= 15 is 4.39 Å². The van der Waals surface area contributed by atoms with Crippen molar-refractivity contribution in [2.75, 3.05) is 76.9 Å². The Labute approximate surface area is 284 Å². The molecule has 0 atom stereocenters. The molecule has 0 bridgehead atoms. The average molecular weight is 667 g/mol. The number of unbranched alkanes of at least 4 members (excludes halogenated alkanes) is 2. The van der Waals surface area contributed by atoms with Gasteiger partial charge in [-0.05, 0) is 49.6 Å². The molecule has 1 N–H and O–H groups in total. The summed E-state index contributed by atoms with van der Waals surface area (Å²) in [5.41, 5.74) is 0.852. The molecule has 262 valence electrons. The summed E-state index contributed by atoms with van der Waals surface area (Å²) in [4.78, 5) is 28.6. The minimum absolute atomic E-state index is 0.168. The van der Waals surface area contributed by atoms with E-state index in [4.69, 9.17) is 18.9 Å². The highest BCUT2D eigenvalue weighted by atomic mass is 19.1. The molecule has 11 nitrogen and oxygen atoms in total. The first-order valence-corrected chi connectivity index (χ1v) is 17.0. The van der Waals surface area contributed by atoms with Gasteiger partial charge in [-0.1, -0.05) is 40.0 Å². The van der Waals surface area contributed by atoms with Crippen LogP contribution in [0.2, 0.25) is 0 Å². The third-order valence-corrected chi connectivity index (χ3v) is 8.19. The van der Waals surface area contributed by atoms with Crippen LogP contribution in [0.15, 0.2) is 48.7 Å². The van der Waals surface area contributed by atoms with Crippen molar-refractivity contribution in [1.82, 2.24) is 19.8 Å². The number of hydrogen-bond acceptors (Lipinski definition) is 10. The van der Waals surface area contributed by atoms with Crippen molar-refractivity contribution >= 4 is 29.2 Å². The van der Waals surface area contributed by atoms with Crippen LogP contribution in [0.1, 0.15) is 52.9 Å². The van der Waals surface area contributed by atoms with E-state index in [0.717, 1.165) is 71.4 Å². The summed E-state index contributed by atoms with van der Waals surface area (Å²) in [6, 6.07) is 11.3. The number of amides is 1. The lowest BCUT2D eigenvalue weighted by Gasteiger charge is -2.34. The van der Waals surface area contributed by atoms with E-state index in [-0.39, 0.29) is 24.1 Å². The van der Waals surface area contributed by atoms with Gasteiger partial charge in [0, 0.05) is 62.8 Å². The van der Waals surface area contributed by atoms with E-state index in [1.807, 2.05) is 0 Å². The third-order valence-electron chi connectivity index (χ3n) is 8.19. The van der Waals surface area contributed by atoms with Gasteiger partial charge in [0.1, 0.15) is 23.9 Å². The van der Waals surface area contributed by atoms with Gasteiger partial charge in [0.15, 0.2) is 11.6 Å². The van der Waals surface area contributed by atoms with Gasteiger partial charge in [-0.25, -0.2) is 19.1 Å². The normalized spacial score (nSPS) is 13.7. The number of halogens is 1. The van der Waals surface area contributed by atoms with Crippen LogP contribution >= 0.6 is 0 Å². The Balaban J connectivity index is 1.42. The topological polar surface area (TPSA) is 102 Å². The molecule has 1 aromatic heterocycles. The molecule has 0 unspecified atom stereocenters. The minimum Gasteiger partial charge on any atom is -0.497 e. The SMILES string of the molecule is CCCN1CCN(CCOc2ccc(Nc3nccc(N(C(=O)OCCCCCC(C)C)c4ccc(OC)cc4OC)n3)cc2F)CC1. The van der Waals surface area contributed by atoms with E-state index in [1.165, 1.54) is 24.3 Å². The summed E-state index contributed by atoms with van der Waals surface area (Å²) in [6.07, 6.45) is 6.01. The van der Waals surface area contributed by atoms with Crippen LogP contribution in [0, 0.1) is 11.7 Å². The smallest absolute Gasteiger partial charge is 0.420 e. The molecule has 1 saturated heterocycles. The molecule has 2 heterocycles. The molecule has 1 amide bonds. The van der Waals surface area contributed by atoms with Gasteiger partial charge in [-0.3, -0.25) is 4.90 Å². The fraction of sp³-hybridized carbons (Fsp3) is 0.528. The van der Waals surface area contributed by atoms with Crippen LogP contribution in [-0.4, -0.2) is 92.6 Å². The number of carbonyl (C=O) groups is 1. The largest absolute Gasteiger partial charge is 0.497 e. The van der Waals surface area contributed by atoms with Crippen molar-refractivity contribution in [1.29, 1.82) is 0 Å². The average Bonchev–Trinajstić information content (AvgIpc) is 3.08. The minimum atomic E-state index is -0.609. The molecule has 48 heavy (non-hydrogen) atoms. The molecule has 0 saturated carbocycles. The van der Waals surface area contributed by atoms with Gasteiger partial charge in [-0.2, -0.15) is 4.98 Å². The quantitative estimate of drug-likeness (QED) is 0.140. The first-order chi connectivity index (χ1) is 23.3. The molecule has 0 aliphatic carbocycles. The van der Waals surface area contributed by atoms with Crippen LogP contribution in [0.5, 0.6) is 17.2 Å². The molecular formula is C36H51FN6O5. The lowest BCUT2D eigenvalue weighted by Crippen LogP contribution is -2.47. The highest BCUT2D eigenvalue weighted by Gasteiger charge is 2.25. The highest BCUT2D eigenvalue weighted by molar-refractivity contribution is 5.97. The van der Waals surface area contributed by atoms with Crippen LogP contribution in [0.4, 0.5) is 32.3 Å². The van der Waals surface area contributed by atoms with E-state index in [0.29, 0.717) is 35.4 Å². The molecule has 0 radical (unpaired) electrons. The third kappa shape index (κ3) is 10.9. The fourth-order valence-electron chi connectivity index (χ4n) is 5.54. The summed E-state index contributed by atoms with van der Waals surface area (Å²) in [5.74, 6) is 1.71. The summed E-state index contributed by atoms with van der Waals surface area (Å²) in [7, 11) is 3.07. The number of carbonyl (C=O) groups excluding carboxylic acids is 1. The second-order valence-corrected chi connectivity index (χ2v) is 12.3. The highest BCUT2D eigenvalue weighted by Crippen LogP contribution is 2.37. The number of nitrogens with zero attached hydrogens (tertiary/aromatic N) is 5. The number of anilines is 4. The Hall–Kier alpha value is -4.16. The zero-order chi connectivity index (χ0) is 34.3. The monoisotopic (exact) mass is 666 g/mol. The Morgan fingerprint density at radius 3 is 2.40 bits per heavy atom. The summed E-state index contributed by atoms with van der Waals surface area (Å²) < 4.78 is 37.5. The zero-order valence-corrected chi connectivity index (χ0v) is 29.0. The van der Waals surface area contributed by atoms with Crippen LogP contribution in [0.25, 0.3) is 0 Å². The molecule has 1 aliphatic heterocycles. The van der Waals surface area contributed by atoms with Gasteiger partial charge in [-0.15, -0.1) is 0 Å². The second kappa shape index (κ2) is 19.0. The number of methoxy groups -OCH3 is 2. The number of hydrogen-bond donors (Lipinski definition) is 1. The standard InChI is InChI=1S/C36H51FN6O5/c1-6-17-41-18-20-42(21-19-41)22-24-47-32-14-11-28(25-30(32)37)39-35-38-16-15-34(40-35)43(31-13-12-29(45-4)26-33(31)46-5)36(44)48-23-9-7-8-10-27(2)3/h11-16,25-27H,6-10,17-24H2,1-5H3,(H,38,39,40). The molecule has 4 rings (SSSR count).